The minimum atomic E-state index is 0.566. The lowest BCUT2D eigenvalue weighted by atomic mass is 9.99. The molecular formula is C12H20N4O. The van der Waals surface area contributed by atoms with Crippen molar-refractivity contribution < 1.29 is 4.74 Å². The molecule has 2 rings (SSSR count). The molecule has 1 aromatic heterocycles. The fourth-order valence-corrected chi connectivity index (χ4v) is 2.18. The van der Waals surface area contributed by atoms with Crippen molar-refractivity contribution in [2.45, 2.75) is 12.8 Å². The quantitative estimate of drug-likeness (QED) is 0.842. The number of nitrogens with one attached hydrogen (secondary N) is 1. The fourth-order valence-electron chi connectivity index (χ4n) is 2.18. The monoisotopic (exact) mass is 236 g/mol. The van der Waals surface area contributed by atoms with Gasteiger partial charge in [0, 0.05) is 13.6 Å². The van der Waals surface area contributed by atoms with Crippen LogP contribution in [0.25, 0.3) is 0 Å². The lowest BCUT2D eigenvalue weighted by Crippen LogP contribution is -2.37. The normalized spacial score (nSPS) is 20.0. The topological polar surface area (TPSA) is 50.3 Å². The SMILES string of the molecule is COc1cncc(N(C)CC2CCCNC2)n1. The van der Waals surface area contributed by atoms with Crippen LogP contribution in [0.15, 0.2) is 12.4 Å². The van der Waals surface area contributed by atoms with Crippen LogP contribution in [0.2, 0.25) is 0 Å². The van der Waals surface area contributed by atoms with Crippen LogP contribution in [0.5, 0.6) is 5.88 Å². The molecule has 0 aliphatic carbocycles. The van der Waals surface area contributed by atoms with Gasteiger partial charge in [-0.05, 0) is 31.8 Å². The van der Waals surface area contributed by atoms with Crippen molar-refractivity contribution in [1.82, 2.24) is 15.3 Å². The molecule has 0 radical (unpaired) electrons. The molecule has 0 saturated carbocycles. The molecule has 1 unspecified atom stereocenters. The minimum Gasteiger partial charge on any atom is -0.480 e. The van der Waals surface area contributed by atoms with Crippen LogP contribution in [0.4, 0.5) is 5.82 Å². The Morgan fingerprint density at radius 2 is 2.41 bits per heavy atom. The molecule has 1 fully saturated rings. The average molecular weight is 236 g/mol. The fraction of sp³-hybridized carbons (Fsp3) is 0.667. The third-order valence-electron chi connectivity index (χ3n) is 3.13. The summed E-state index contributed by atoms with van der Waals surface area (Å²) in [7, 11) is 3.66. The summed E-state index contributed by atoms with van der Waals surface area (Å²) in [6.45, 7) is 3.26. The van der Waals surface area contributed by atoms with E-state index in [2.05, 4.69) is 27.2 Å². The highest BCUT2D eigenvalue weighted by Crippen LogP contribution is 2.16. The number of anilines is 1. The first-order chi connectivity index (χ1) is 8.29. The second-order valence-corrected chi connectivity index (χ2v) is 4.51. The van der Waals surface area contributed by atoms with Gasteiger partial charge in [0.1, 0.15) is 0 Å². The van der Waals surface area contributed by atoms with Gasteiger partial charge >= 0.3 is 0 Å². The predicted octanol–water partition coefficient (Wildman–Crippen LogP) is 0.921. The van der Waals surface area contributed by atoms with E-state index in [1.54, 1.807) is 19.5 Å². The van der Waals surface area contributed by atoms with Crippen LogP contribution >= 0.6 is 0 Å². The number of hydrogen-bond acceptors (Lipinski definition) is 5. The van der Waals surface area contributed by atoms with E-state index in [1.165, 1.54) is 12.8 Å². The molecular weight excluding hydrogens is 216 g/mol. The van der Waals surface area contributed by atoms with E-state index < -0.39 is 0 Å². The largest absolute Gasteiger partial charge is 0.480 e. The van der Waals surface area contributed by atoms with Gasteiger partial charge in [0.25, 0.3) is 0 Å². The number of piperidine rings is 1. The van der Waals surface area contributed by atoms with E-state index in [4.69, 9.17) is 4.74 Å². The molecule has 0 aromatic carbocycles. The number of ether oxygens (including phenoxy) is 1. The molecule has 17 heavy (non-hydrogen) atoms. The van der Waals surface area contributed by atoms with Crippen LogP contribution < -0.4 is 15.0 Å². The minimum absolute atomic E-state index is 0.566. The Bertz CT molecular complexity index is 352. The molecule has 0 bridgehead atoms. The van der Waals surface area contributed by atoms with Crippen LogP contribution in [0.3, 0.4) is 0 Å². The summed E-state index contributed by atoms with van der Waals surface area (Å²) >= 11 is 0. The smallest absolute Gasteiger partial charge is 0.233 e. The highest BCUT2D eigenvalue weighted by Gasteiger charge is 2.16. The van der Waals surface area contributed by atoms with Crippen molar-refractivity contribution in [1.29, 1.82) is 0 Å². The van der Waals surface area contributed by atoms with E-state index in [0.29, 0.717) is 11.8 Å². The van der Waals surface area contributed by atoms with Crippen LogP contribution in [0.1, 0.15) is 12.8 Å². The Balaban J connectivity index is 1.95. The third-order valence-corrected chi connectivity index (χ3v) is 3.13. The molecule has 1 aliphatic heterocycles. The number of methoxy groups -OCH3 is 1. The second kappa shape index (κ2) is 5.82. The molecule has 94 valence electrons. The van der Waals surface area contributed by atoms with Gasteiger partial charge in [0.05, 0.1) is 19.5 Å². The summed E-state index contributed by atoms with van der Waals surface area (Å²) in [6, 6.07) is 0. The Labute approximate surface area is 102 Å². The average Bonchev–Trinajstić information content (AvgIpc) is 2.40. The van der Waals surface area contributed by atoms with Crippen LogP contribution in [-0.4, -0.2) is 43.8 Å². The maximum Gasteiger partial charge on any atom is 0.233 e. The molecule has 1 aliphatic rings. The first-order valence-electron chi connectivity index (χ1n) is 6.07. The molecule has 1 atom stereocenters. The van der Waals surface area contributed by atoms with Crippen molar-refractivity contribution in [3.63, 3.8) is 0 Å². The summed E-state index contributed by atoms with van der Waals surface area (Å²) in [5, 5.41) is 3.43. The second-order valence-electron chi connectivity index (χ2n) is 4.51. The van der Waals surface area contributed by atoms with Gasteiger partial charge in [-0.1, -0.05) is 0 Å². The molecule has 1 N–H and O–H groups in total. The van der Waals surface area contributed by atoms with E-state index in [0.717, 1.165) is 25.5 Å². The molecule has 5 nitrogen and oxygen atoms in total. The molecule has 0 amide bonds. The van der Waals surface area contributed by atoms with Crippen molar-refractivity contribution in [2.24, 2.45) is 5.92 Å². The van der Waals surface area contributed by atoms with Crippen molar-refractivity contribution in [3.05, 3.63) is 12.4 Å². The standard InChI is InChI=1S/C12H20N4O/c1-16(9-10-4-3-5-13-6-10)11-7-14-8-12(15-11)17-2/h7-8,10,13H,3-6,9H2,1-2H3. The van der Waals surface area contributed by atoms with Crippen molar-refractivity contribution >= 4 is 5.82 Å². The molecule has 2 heterocycles. The number of hydrogen-bond donors (Lipinski definition) is 1. The summed E-state index contributed by atoms with van der Waals surface area (Å²) in [4.78, 5) is 10.6. The predicted molar refractivity (Wildman–Crippen MR) is 67.4 cm³/mol. The molecule has 5 heteroatoms. The van der Waals surface area contributed by atoms with Crippen molar-refractivity contribution in [3.8, 4) is 5.88 Å². The number of rotatable bonds is 4. The summed E-state index contributed by atoms with van der Waals surface area (Å²) in [5.41, 5.74) is 0. The maximum absolute atomic E-state index is 5.08. The van der Waals surface area contributed by atoms with Gasteiger partial charge in [-0.25, -0.2) is 0 Å². The highest BCUT2D eigenvalue weighted by atomic mass is 16.5. The van der Waals surface area contributed by atoms with Gasteiger partial charge in [-0.2, -0.15) is 4.98 Å². The molecule has 1 saturated heterocycles. The Morgan fingerprint density at radius 3 is 3.12 bits per heavy atom. The van der Waals surface area contributed by atoms with Gasteiger partial charge in [0.2, 0.25) is 5.88 Å². The highest BCUT2D eigenvalue weighted by molar-refractivity contribution is 5.36. The lowest BCUT2D eigenvalue weighted by molar-refractivity contribution is 0.378. The first kappa shape index (κ1) is 12.1. The molecule has 1 aromatic rings. The summed E-state index contributed by atoms with van der Waals surface area (Å²) < 4.78 is 5.08. The van der Waals surface area contributed by atoms with Gasteiger partial charge in [-0.15, -0.1) is 0 Å². The van der Waals surface area contributed by atoms with Crippen LogP contribution in [0, 0.1) is 5.92 Å². The van der Waals surface area contributed by atoms with Crippen molar-refractivity contribution in [2.75, 3.05) is 38.7 Å². The zero-order valence-corrected chi connectivity index (χ0v) is 10.5. The van der Waals surface area contributed by atoms with E-state index in [1.807, 2.05) is 0 Å². The Kier molecular flexibility index (Phi) is 4.14. The van der Waals surface area contributed by atoms with E-state index in [9.17, 15) is 0 Å². The Hall–Kier alpha value is -1.36. The maximum atomic E-state index is 5.08. The van der Waals surface area contributed by atoms with E-state index >= 15 is 0 Å². The number of nitrogens with zero attached hydrogens (tertiary/aromatic N) is 3. The lowest BCUT2D eigenvalue weighted by Gasteiger charge is -2.28. The summed E-state index contributed by atoms with van der Waals surface area (Å²) in [6.07, 6.45) is 5.95. The summed E-state index contributed by atoms with van der Waals surface area (Å²) in [5.74, 6) is 2.13. The van der Waals surface area contributed by atoms with Gasteiger partial charge < -0.3 is 15.0 Å². The van der Waals surface area contributed by atoms with E-state index in [-0.39, 0.29) is 0 Å². The van der Waals surface area contributed by atoms with Crippen LogP contribution in [-0.2, 0) is 0 Å². The number of aromatic nitrogens is 2. The molecule has 0 spiro atoms. The first-order valence-corrected chi connectivity index (χ1v) is 6.07. The zero-order chi connectivity index (χ0) is 12.1. The third kappa shape index (κ3) is 3.30. The van der Waals surface area contributed by atoms with Gasteiger partial charge in [0.15, 0.2) is 5.82 Å². The Morgan fingerprint density at radius 1 is 1.53 bits per heavy atom. The zero-order valence-electron chi connectivity index (χ0n) is 10.5. The van der Waals surface area contributed by atoms with Gasteiger partial charge in [-0.3, -0.25) is 4.98 Å².